The van der Waals surface area contributed by atoms with Gasteiger partial charge >= 0.3 is 0 Å². The van der Waals surface area contributed by atoms with Gasteiger partial charge in [0.15, 0.2) is 5.82 Å². The van der Waals surface area contributed by atoms with E-state index in [0.29, 0.717) is 33.7 Å². The summed E-state index contributed by atoms with van der Waals surface area (Å²) in [7, 11) is 1.58. The van der Waals surface area contributed by atoms with Crippen LogP contribution in [0, 0.1) is 0 Å². The van der Waals surface area contributed by atoms with Gasteiger partial charge in [-0.05, 0) is 47.8 Å². The molecular formula is C22H19N5O3S2. The van der Waals surface area contributed by atoms with Crippen molar-refractivity contribution >= 4 is 46.3 Å². The lowest BCUT2D eigenvalue weighted by atomic mass is 10.1. The van der Waals surface area contributed by atoms with Crippen LogP contribution >= 0.6 is 23.1 Å². The summed E-state index contributed by atoms with van der Waals surface area (Å²) < 4.78 is 5.12. The topological polar surface area (TPSA) is 109 Å². The van der Waals surface area contributed by atoms with Crippen LogP contribution in [0.15, 0.2) is 71.2 Å². The number of aromatic nitrogens is 3. The Balaban J connectivity index is 1.36. The van der Waals surface area contributed by atoms with E-state index in [1.807, 2.05) is 17.5 Å². The summed E-state index contributed by atoms with van der Waals surface area (Å²) in [5, 5.41) is 15.1. The number of methoxy groups -OCH3 is 1. The maximum absolute atomic E-state index is 12.7. The van der Waals surface area contributed by atoms with Crippen molar-refractivity contribution in [2.75, 3.05) is 23.5 Å². The Labute approximate surface area is 192 Å². The van der Waals surface area contributed by atoms with Crippen molar-refractivity contribution in [3.63, 3.8) is 0 Å². The summed E-state index contributed by atoms with van der Waals surface area (Å²) in [5.74, 6) is 0.886. The molecule has 10 heteroatoms. The average molecular weight is 466 g/mol. The molecule has 162 valence electrons. The Morgan fingerprint density at radius 3 is 2.62 bits per heavy atom. The molecule has 3 N–H and O–H groups in total. The van der Waals surface area contributed by atoms with Gasteiger partial charge in [0.05, 0.1) is 29.0 Å². The predicted molar refractivity (Wildman–Crippen MR) is 126 cm³/mol. The van der Waals surface area contributed by atoms with Crippen molar-refractivity contribution in [3.8, 4) is 16.5 Å². The molecular weight excluding hydrogens is 446 g/mol. The number of ether oxygens (including phenoxy) is 1. The van der Waals surface area contributed by atoms with Crippen molar-refractivity contribution in [2.24, 2.45) is 0 Å². The molecule has 4 rings (SSSR count). The van der Waals surface area contributed by atoms with Crippen molar-refractivity contribution in [1.29, 1.82) is 0 Å². The Hall–Kier alpha value is -3.63. The third-order valence-electron chi connectivity index (χ3n) is 4.35. The van der Waals surface area contributed by atoms with Crippen LogP contribution in [0.5, 0.6) is 5.75 Å². The molecule has 2 aromatic carbocycles. The number of carbonyl (C=O) groups is 2. The van der Waals surface area contributed by atoms with E-state index >= 15 is 0 Å². The Bertz CT molecular complexity index is 1210. The highest BCUT2D eigenvalue weighted by Crippen LogP contribution is 2.24. The number of para-hydroxylation sites is 1. The van der Waals surface area contributed by atoms with Gasteiger partial charge < -0.3 is 15.4 Å². The lowest BCUT2D eigenvalue weighted by Gasteiger charge is -2.11. The van der Waals surface area contributed by atoms with Gasteiger partial charge in [-0.15, -0.1) is 16.4 Å². The first-order chi connectivity index (χ1) is 15.6. The largest absolute Gasteiger partial charge is 0.497 e. The minimum atomic E-state index is -0.326. The molecule has 0 bridgehead atoms. The summed E-state index contributed by atoms with van der Waals surface area (Å²) >= 11 is 2.77. The van der Waals surface area contributed by atoms with Gasteiger partial charge in [-0.3, -0.25) is 14.7 Å². The molecule has 0 aliphatic carbocycles. The van der Waals surface area contributed by atoms with Crippen LogP contribution in [-0.2, 0) is 4.79 Å². The SMILES string of the molecule is COc1ccc(NC(=O)c2ccccc2NC(=O)CSc2n[nH]c(-c3cccs3)n2)cc1. The molecule has 2 heterocycles. The lowest BCUT2D eigenvalue weighted by molar-refractivity contribution is -0.113. The Morgan fingerprint density at radius 1 is 1.06 bits per heavy atom. The second-order valence-electron chi connectivity index (χ2n) is 6.51. The van der Waals surface area contributed by atoms with E-state index in [4.69, 9.17) is 4.74 Å². The first kappa shape index (κ1) is 21.6. The zero-order valence-corrected chi connectivity index (χ0v) is 18.6. The van der Waals surface area contributed by atoms with Crippen molar-refractivity contribution in [2.45, 2.75) is 5.16 Å². The molecule has 0 radical (unpaired) electrons. The molecule has 0 aliphatic rings. The van der Waals surface area contributed by atoms with E-state index in [-0.39, 0.29) is 17.6 Å². The minimum Gasteiger partial charge on any atom is -0.497 e. The van der Waals surface area contributed by atoms with Crippen LogP contribution < -0.4 is 15.4 Å². The molecule has 0 spiro atoms. The van der Waals surface area contributed by atoms with Crippen molar-refractivity contribution < 1.29 is 14.3 Å². The molecule has 2 amide bonds. The second kappa shape index (κ2) is 10.1. The van der Waals surface area contributed by atoms with Crippen LogP contribution in [0.1, 0.15) is 10.4 Å². The van der Waals surface area contributed by atoms with Crippen LogP contribution in [0.25, 0.3) is 10.7 Å². The molecule has 0 atom stereocenters. The minimum absolute atomic E-state index is 0.107. The fourth-order valence-electron chi connectivity index (χ4n) is 2.81. The fourth-order valence-corrected chi connectivity index (χ4v) is 4.08. The smallest absolute Gasteiger partial charge is 0.257 e. The maximum atomic E-state index is 12.7. The number of rotatable bonds is 8. The van der Waals surface area contributed by atoms with Gasteiger partial charge in [0.25, 0.3) is 5.91 Å². The number of nitrogens with one attached hydrogen (secondary N) is 3. The summed E-state index contributed by atoms with van der Waals surface area (Å²) in [6.45, 7) is 0. The van der Waals surface area contributed by atoms with E-state index in [9.17, 15) is 9.59 Å². The highest BCUT2D eigenvalue weighted by Gasteiger charge is 2.15. The number of aromatic amines is 1. The number of amides is 2. The quantitative estimate of drug-likeness (QED) is 0.330. The summed E-state index contributed by atoms with van der Waals surface area (Å²) in [6.07, 6.45) is 0. The van der Waals surface area contributed by atoms with Crippen LogP contribution in [0.3, 0.4) is 0 Å². The highest BCUT2D eigenvalue weighted by atomic mass is 32.2. The molecule has 0 fully saturated rings. The molecule has 0 aliphatic heterocycles. The average Bonchev–Trinajstić information content (AvgIpc) is 3.51. The number of anilines is 2. The third kappa shape index (κ3) is 5.34. The molecule has 2 aromatic heterocycles. The standard InChI is InChI=1S/C22H19N5O3S2/c1-30-15-10-8-14(9-11-15)23-21(29)16-5-2-3-6-17(16)24-19(28)13-32-22-25-20(26-27-22)18-7-4-12-31-18/h2-12H,13H2,1H3,(H,23,29)(H,24,28)(H,25,26,27). The molecule has 0 saturated heterocycles. The lowest BCUT2D eigenvalue weighted by Crippen LogP contribution is -2.19. The zero-order chi connectivity index (χ0) is 22.3. The van der Waals surface area contributed by atoms with E-state index < -0.39 is 0 Å². The molecule has 32 heavy (non-hydrogen) atoms. The third-order valence-corrected chi connectivity index (χ3v) is 6.07. The number of hydrogen-bond donors (Lipinski definition) is 3. The predicted octanol–water partition coefficient (Wildman–Crippen LogP) is 4.52. The zero-order valence-electron chi connectivity index (χ0n) is 17.0. The first-order valence-corrected chi connectivity index (χ1v) is 11.4. The van der Waals surface area contributed by atoms with E-state index in [1.54, 1.807) is 67.0 Å². The van der Waals surface area contributed by atoms with Gasteiger partial charge in [0.2, 0.25) is 11.1 Å². The highest BCUT2D eigenvalue weighted by molar-refractivity contribution is 7.99. The molecule has 0 saturated carbocycles. The number of carbonyl (C=O) groups excluding carboxylic acids is 2. The fraction of sp³-hybridized carbons (Fsp3) is 0.0909. The van der Waals surface area contributed by atoms with Gasteiger partial charge in [-0.25, -0.2) is 4.98 Å². The maximum Gasteiger partial charge on any atom is 0.257 e. The van der Waals surface area contributed by atoms with Crippen LogP contribution in [0.2, 0.25) is 0 Å². The van der Waals surface area contributed by atoms with Gasteiger partial charge in [0.1, 0.15) is 5.75 Å². The number of benzene rings is 2. The van der Waals surface area contributed by atoms with Crippen molar-refractivity contribution in [3.05, 3.63) is 71.6 Å². The monoisotopic (exact) mass is 465 g/mol. The van der Waals surface area contributed by atoms with Crippen LogP contribution in [-0.4, -0.2) is 39.9 Å². The molecule has 0 unspecified atom stereocenters. The Morgan fingerprint density at radius 2 is 1.88 bits per heavy atom. The number of H-pyrrole nitrogens is 1. The van der Waals surface area contributed by atoms with Gasteiger partial charge in [0, 0.05) is 5.69 Å². The number of thiophene rings is 1. The number of hydrogen-bond acceptors (Lipinski definition) is 7. The summed E-state index contributed by atoms with van der Waals surface area (Å²) in [4.78, 5) is 30.6. The van der Waals surface area contributed by atoms with Crippen molar-refractivity contribution in [1.82, 2.24) is 15.2 Å². The van der Waals surface area contributed by atoms with E-state index in [2.05, 4.69) is 25.8 Å². The number of nitrogens with zero attached hydrogens (tertiary/aromatic N) is 2. The van der Waals surface area contributed by atoms with E-state index in [0.717, 1.165) is 4.88 Å². The van der Waals surface area contributed by atoms with Gasteiger partial charge in [-0.2, -0.15) is 0 Å². The Kier molecular flexibility index (Phi) is 6.83. The summed E-state index contributed by atoms with van der Waals surface area (Å²) in [5.41, 5.74) is 1.41. The first-order valence-electron chi connectivity index (χ1n) is 9.56. The second-order valence-corrected chi connectivity index (χ2v) is 8.40. The summed E-state index contributed by atoms with van der Waals surface area (Å²) in [6, 6.07) is 17.7. The van der Waals surface area contributed by atoms with E-state index in [1.165, 1.54) is 11.8 Å². The van der Waals surface area contributed by atoms with Crippen LogP contribution in [0.4, 0.5) is 11.4 Å². The molecule has 8 nitrogen and oxygen atoms in total. The number of thioether (sulfide) groups is 1. The van der Waals surface area contributed by atoms with Gasteiger partial charge in [-0.1, -0.05) is 30.0 Å². The molecule has 4 aromatic rings. The normalized spacial score (nSPS) is 10.5.